The van der Waals surface area contributed by atoms with Crippen molar-refractivity contribution in [2.75, 3.05) is 0 Å². The average Bonchev–Trinajstić information content (AvgIpc) is 2.79. The number of hydrogen-bond acceptors (Lipinski definition) is 3. The zero-order valence-electron chi connectivity index (χ0n) is 16.2. The minimum atomic E-state index is -0.330. The highest BCUT2D eigenvalue weighted by molar-refractivity contribution is 5.95. The number of halogens is 1. The van der Waals surface area contributed by atoms with Crippen molar-refractivity contribution in [3.8, 4) is 11.3 Å². The quantitative estimate of drug-likeness (QED) is 0.449. The van der Waals surface area contributed by atoms with Crippen LogP contribution in [-0.4, -0.2) is 15.6 Å². The molecule has 4 rings (SSSR count). The smallest absolute Gasteiger partial charge is 0.270 e. The molecule has 1 aromatic heterocycles. The fourth-order valence-electron chi connectivity index (χ4n) is 3.25. The van der Waals surface area contributed by atoms with E-state index < -0.39 is 0 Å². The topological polar surface area (TPSA) is 52.0 Å². The van der Waals surface area contributed by atoms with Gasteiger partial charge in [-0.2, -0.15) is 5.10 Å². The van der Waals surface area contributed by atoms with Gasteiger partial charge in [-0.15, -0.1) is 0 Å². The zero-order chi connectivity index (χ0) is 20.9. The lowest BCUT2D eigenvalue weighted by Crippen LogP contribution is -2.30. The van der Waals surface area contributed by atoms with Crippen LogP contribution >= 0.6 is 0 Å². The van der Waals surface area contributed by atoms with Crippen molar-refractivity contribution in [3.05, 3.63) is 124 Å². The van der Waals surface area contributed by atoms with Gasteiger partial charge in [0.15, 0.2) is 5.78 Å². The van der Waals surface area contributed by atoms with Crippen LogP contribution in [0.4, 0.5) is 4.39 Å². The maximum Gasteiger partial charge on any atom is 0.270 e. The highest BCUT2D eigenvalue weighted by Gasteiger charge is 2.14. The Labute approximate surface area is 173 Å². The summed E-state index contributed by atoms with van der Waals surface area (Å²) in [6.45, 7) is -0.153. The van der Waals surface area contributed by atoms with E-state index in [1.165, 1.54) is 16.8 Å². The summed E-state index contributed by atoms with van der Waals surface area (Å²) in [5.41, 5.74) is 2.95. The van der Waals surface area contributed by atoms with Gasteiger partial charge < -0.3 is 0 Å². The number of rotatable bonds is 6. The Balaban J connectivity index is 1.75. The second-order valence-electron chi connectivity index (χ2n) is 6.98. The van der Waals surface area contributed by atoms with Crippen molar-refractivity contribution in [1.29, 1.82) is 0 Å². The Kier molecular flexibility index (Phi) is 5.61. The molecule has 0 aliphatic rings. The van der Waals surface area contributed by atoms with E-state index in [9.17, 15) is 14.0 Å². The van der Waals surface area contributed by atoms with Gasteiger partial charge in [-0.3, -0.25) is 9.59 Å². The van der Waals surface area contributed by atoms with E-state index in [4.69, 9.17) is 0 Å². The first-order valence-electron chi connectivity index (χ1n) is 9.59. The number of ketones is 1. The number of hydrogen-bond donors (Lipinski definition) is 0. The molecule has 0 aliphatic heterocycles. The summed E-state index contributed by atoms with van der Waals surface area (Å²) < 4.78 is 14.5. The fourth-order valence-corrected chi connectivity index (χ4v) is 3.25. The molecule has 0 saturated carbocycles. The van der Waals surface area contributed by atoms with E-state index >= 15 is 0 Å². The molecule has 148 valence electrons. The number of nitrogens with zero attached hydrogens (tertiary/aromatic N) is 2. The normalized spacial score (nSPS) is 10.7. The maximum atomic E-state index is 13.2. The van der Waals surface area contributed by atoms with Crippen molar-refractivity contribution in [2.24, 2.45) is 0 Å². The van der Waals surface area contributed by atoms with Crippen molar-refractivity contribution >= 4 is 5.78 Å². The molecule has 0 spiro atoms. The first kappa shape index (κ1) is 19.5. The van der Waals surface area contributed by atoms with Crippen molar-refractivity contribution in [1.82, 2.24) is 9.78 Å². The van der Waals surface area contributed by atoms with Crippen LogP contribution < -0.4 is 5.56 Å². The average molecular weight is 398 g/mol. The molecule has 30 heavy (non-hydrogen) atoms. The predicted molar refractivity (Wildman–Crippen MR) is 114 cm³/mol. The molecule has 0 fully saturated rings. The third-order valence-corrected chi connectivity index (χ3v) is 4.82. The van der Waals surface area contributed by atoms with Gasteiger partial charge in [0.1, 0.15) is 12.4 Å². The molecule has 3 aromatic carbocycles. The Hall–Kier alpha value is -3.86. The molecule has 0 amide bonds. The monoisotopic (exact) mass is 398 g/mol. The van der Waals surface area contributed by atoms with Crippen molar-refractivity contribution in [3.63, 3.8) is 0 Å². The molecule has 0 bridgehead atoms. The Bertz CT molecular complexity index is 1220. The SMILES string of the molecule is O=C(Cn1nc(-c2ccccc2)cc(Cc2ccc(F)cc2)c1=O)c1ccccc1. The van der Waals surface area contributed by atoms with Crippen LogP contribution in [0.3, 0.4) is 0 Å². The first-order chi connectivity index (χ1) is 14.6. The van der Waals surface area contributed by atoms with Gasteiger partial charge in [-0.25, -0.2) is 9.07 Å². The molecule has 4 aromatic rings. The molecule has 0 N–H and O–H groups in total. The van der Waals surface area contributed by atoms with Gasteiger partial charge >= 0.3 is 0 Å². The van der Waals surface area contributed by atoms with E-state index in [1.54, 1.807) is 42.5 Å². The molecule has 0 saturated heterocycles. The van der Waals surface area contributed by atoms with Gasteiger partial charge in [0.05, 0.1) is 5.69 Å². The van der Waals surface area contributed by atoms with Crippen LogP contribution in [0.25, 0.3) is 11.3 Å². The Morgan fingerprint density at radius 2 is 1.50 bits per heavy atom. The largest absolute Gasteiger partial charge is 0.292 e. The van der Waals surface area contributed by atoms with Gasteiger partial charge in [-0.1, -0.05) is 72.8 Å². The summed E-state index contributed by atoms with van der Waals surface area (Å²) in [5, 5.41) is 4.45. The van der Waals surface area contributed by atoms with Crippen LogP contribution in [0.15, 0.2) is 95.8 Å². The zero-order valence-corrected chi connectivity index (χ0v) is 16.2. The standard InChI is InChI=1S/C25H19FN2O2/c26-22-13-11-18(12-14-22)15-21-16-23(19-7-3-1-4-8-19)27-28(25(21)30)17-24(29)20-9-5-2-6-10-20/h1-14,16H,15,17H2. The van der Waals surface area contributed by atoms with Crippen LogP contribution in [0.5, 0.6) is 0 Å². The minimum Gasteiger partial charge on any atom is -0.292 e. The van der Waals surface area contributed by atoms with Crippen molar-refractivity contribution < 1.29 is 9.18 Å². The lowest BCUT2D eigenvalue weighted by molar-refractivity contribution is 0.0965. The summed E-state index contributed by atoms with van der Waals surface area (Å²) in [7, 11) is 0. The predicted octanol–water partition coefficient (Wildman–Crippen LogP) is 4.52. The van der Waals surface area contributed by atoms with E-state index in [-0.39, 0.29) is 23.7 Å². The van der Waals surface area contributed by atoms with Crippen molar-refractivity contribution in [2.45, 2.75) is 13.0 Å². The van der Waals surface area contributed by atoms with E-state index in [0.717, 1.165) is 11.1 Å². The fraction of sp³-hybridized carbons (Fsp3) is 0.0800. The van der Waals surface area contributed by atoms with E-state index in [1.807, 2.05) is 36.4 Å². The van der Waals surface area contributed by atoms with Gasteiger partial charge in [0.2, 0.25) is 0 Å². The summed E-state index contributed by atoms with van der Waals surface area (Å²) >= 11 is 0. The Morgan fingerprint density at radius 3 is 2.17 bits per heavy atom. The molecular weight excluding hydrogens is 379 g/mol. The summed E-state index contributed by atoms with van der Waals surface area (Å²) in [6.07, 6.45) is 0.320. The lowest BCUT2D eigenvalue weighted by Gasteiger charge is -2.11. The molecule has 1 heterocycles. The molecule has 0 atom stereocenters. The van der Waals surface area contributed by atoms with Gasteiger partial charge in [-0.05, 0) is 23.8 Å². The molecule has 0 radical (unpaired) electrons. The third kappa shape index (κ3) is 4.41. The number of carbonyl (C=O) groups excluding carboxylic acids is 1. The second kappa shape index (κ2) is 8.66. The van der Waals surface area contributed by atoms with Crippen LogP contribution in [0, 0.1) is 5.82 Å². The van der Waals surface area contributed by atoms with Crippen LogP contribution in [0.2, 0.25) is 0 Å². The summed E-state index contributed by atoms with van der Waals surface area (Å²) in [5.74, 6) is -0.521. The number of Topliss-reactive ketones (excluding diaryl/α,β-unsaturated/α-hetero) is 1. The minimum absolute atomic E-state index is 0.153. The summed E-state index contributed by atoms with van der Waals surface area (Å²) in [6, 6.07) is 26.1. The van der Waals surface area contributed by atoms with E-state index in [0.29, 0.717) is 23.2 Å². The number of aromatic nitrogens is 2. The number of carbonyl (C=O) groups is 1. The summed E-state index contributed by atoms with van der Waals surface area (Å²) in [4.78, 5) is 25.7. The lowest BCUT2D eigenvalue weighted by atomic mass is 10.0. The highest BCUT2D eigenvalue weighted by Crippen LogP contribution is 2.18. The van der Waals surface area contributed by atoms with Crippen LogP contribution in [-0.2, 0) is 13.0 Å². The van der Waals surface area contributed by atoms with Gasteiger partial charge in [0, 0.05) is 23.1 Å². The molecule has 5 heteroatoms. The molecule has 0 aliphatic carbocycles. The van der Waals surface area contributed by atoms with Gasteiger partial charge in [0.25, 0.3) is 5.56 Å². The van der Waals surface area contributed by atoms with Crippen LogP contribution in [0.1, 0.15) is 21.5 Å². The number of benzene rings is 3. The third-order valence-electron chi connectivity index (χ3n) is 4.82. The second-order valence-corrected chi connectivity index (χ2v) is 6.98. The molecule has 0 unspecified atom stereocenters. The Morgan fingerprint density at radius 1 is 0.867 bits per heavy atom. The first-order valence-corrected chi connectivity index (χ1v) is 9.59. The maximum absolute atomic E-state index is 13.2. The molecular formula is C25H19FN2O2. The molecule has 4 nitrogen and oxygen atoms in total. The van der Waals surface area contributed by atoms with E-state index in [2.05, 4.69) is 5.10 Å². The highest BCUT2D eigenvalue weighted by atomic mass is 19.1.